The molecule has 0 atom stereocenters. The van der Waals surface area contributed by atoms with Gasteiger partial charge >= 0.3 is 6.09 Å². The summed E-state index contributed by atoms with van der Waals surface area (Å²) in [5.41, 5.74) is 6.54. The number of methoxy groups -OCH3 is 1. The maximum absolute atomic E-state index is 12.4. The standard InChI is InChI=1S/C19H28N6O3/c1-11(22-12-3-5-13(6-4-12)24-19(27)28-2)23-18-15(10-20)16(21)9-17(26)25(18)14-7-8-14/h9-10,12-14,20,22-23H,1,3-8,21H2,2H3,(H,24,27). The molecule has 3 rings (SSSR count). The SMILES string of the molecule is C=C(Nc1c(C=N)c(N)cc(=O)n1C1CC1)NC1CCC(NC(=O)OC)CC1. The molecule has 0 aromatic carbocycles. The van der Waals surface area contributed by atoms with Crippen molar-refractivity contribution >= 4 is 23.8 Å². The Bertz CT molecular complexity index is 822. The summed E-state index contributed by atoms with van der Waals surface area (Å²) >= 11 is 0. The average Bonchev–Trinajstić information content (AvgIpc) is 3.48. The molecule has 152 valence electrons. The number of hydrogen-bond acceptors (Lipinski definition) is 7. The van der Waals surface area contributed by atoms with Crippen LogP contribution in [0.25, 0.3) is 0 Å². The van der Waals surface area contributed by atoms with Crippen molar-refractivity contribution in [1.82, 2.24) is 15.2 Å². The van der Waals surface area contributed by atoms with Crippen LogP contribution in [0.1, 0.15) is 50.1 Å². The monoisotopic (exact) mass is 388 g/mol. The second-order valence-electron chi connectivity index (χ2n) is 7.38. The molecule has 1 amide bonds. The molecule has 2 fully saturated rings. The van der Waals surface area contributed by atoms with Crippen LogP contribution in [0.3, 0.4) is 0 Å². The molecule has 0 bridgehead atoms. The number of hydrogen-bond donors (Lipinski definition) is 5. The van der Waals surface area contributed by atoms with Crippen LogP contribution in [0.5, 0.6) is 0 Å². The molecular weight excluding hydrogens is 360 g/mol. The van der Waals surface area contributed by atoms with Gasteiger partial charge < -0.3 is 31.8 Å². The van der Waals surface area contributed by atoms with Crippen LogP contribution in [0.15, 0.2) is 23.3 Å². The predicted molar refractivity (Wildman–Crippen MR) is 109 cm³/mol. The van der Waals surface area contributed by atoms with Crippen molar-refractivity contribution in [2.24, 2.45) is 0 Å². The highest BCUT2D eigenvalue weighted by Gasteiger charge is 2.29. The predicted octanol–water partition coefficient (Wildman–Crippen LogP) is 1.90. The number of nitrogens with one attached hydrogen (secondary N) is 4. The number of nitrogen functional groups attached to an aromatic ring is 1. The Morgan fingerprint density at radius 3 is 2.39 bits per heavy atom. The third kappa shape index (κ3) is 4.47. The minimum atomic E-state index is -0.402. The van der Waals surface area contributed by atoms with Crippen molar-refractivity contribution in [2.75, 3.05) is 18.2 Å². The topological polar surface area (TPSA) is 134 Å². The van der Waals surface area contributed by atoms with Crippen molar-refractivity contribution in [1.29, 1.82) is 5.41 Å². The first-order chi connectivity index (χ1) is 13.4. The highest BCUT2D eigenvalue weighted by molar-refractivity contribution is 5.91. The molecule has 9 nitrogen and oxygen atoms in total. The van der Waals surface area contributed by atoms with Crippen molar-refractivity contribution in [2.45, 2.75) is 56.7 Å². The molecular formula is C19H28N6O3. The number of alkyl carbamates (subject to hydrolysis) is 1. The third-order valence-corrected chi connectivity index (χ3v) is 5.26. The Kier molecular flexibility index (Phi) is 5.91. The van der Waals surface area contributed by atoms with Crippen LogP contribution in [0.4, 0.5) is 16.3 Å². The Balaban J connectivity index is 1.64. The summed E-state index contributed by atoms with van der Waals surface area (Å²) in [4.78, 5) is 23.7. The Morgan fingerprint density at radius 2 is 1.86 bits per heavy atom. The highest BCUT2D eigenvalue weighted by atomic mass is 16.5. The van der Waals surface area contributed by atoms with Gasteiger partial charge in [0.1, 0.15) is 5.82 Å². The molecule has 0 unspecified atom stereocenters. The van der Waals surface area contributed by atoms with Crippen molar-refractivity contribution < 1.29 is 9.53 Å². The maximum atomic E-state index is 12.4. The fraction of sp³-hybridized carbons (Fsp3) is 0.526. The van der Waals surface area contributed by atoms with E-state index in [2.05, 4.69) is 27.3 Å². The van der Waals surface area contributed by atoms with Gasteiger partial charge in [-0.2, -0.15) is 0 Å². The lowest BCUT2D eigenvalue weighted by atomic mass is 9.91. The van der Waals surface area contributed by atoms with Crippen LogP contribution in [0, 0.1) is 5.41 Å². The molecule has 6 N–H and O–H groups in total. The lowest BCUT2D eigenvalue weighted by Gasteiger charge is -2.31. The van der Waals surface area contributed by atoms with E-state index in [1.807, 2.05) is 0 Å². The fourth-order valence-corrected chi connectivity index (χ4v) is 3.66. The fourth-order valence-electron chi connectivity index (χ4n) is 3.66. The number of ether oxygens (including phenoxy) is 1. The largest absolute Gasteiger partial charge is 0.453 e. The summed E-state index contributed by atoms with van der Waals surface area (Å²) in [5.74, 6) is 1.08. The van der Waals surface area contributed by atoms with E-state index in [9.17, 15) is 9.59 Å². The van der Waals surface area contributed by atoms with Crippen LogP contribution in [-0.4, -0.2) is 36.1 Å². The van der Waals surface area contributed by atoms with Crippen molar-refractivity contribution in [3.63, 3.8) is 0 Å². The van der Waals surface area contributed by atoms with Gasteiger partial charge in [-0.1, -0.05) is 6.58 Å². The maximum Gasteiger partial charge on any atom is 0.407 e. The van der Waals surface area contributed by atoms with E-state index in [-0.39, 0.29) is 29.4 Å². The molecule has 1 aromatic rings. The molecule has 1 aromatic heterocycles. The van der Waals surface area contributed by atoms with Gasteiger partial charge in [0.05, 0.1) is 18.5 Å². The molecule has 0 spiro atoms. The van der Waals surface area contributed by atoms with Gasteiger partial charge in [0.2, 0.25) is 0 Å². The smallest absolute Gasteiger partial charge is 0.407 e. The number of nitrogens with zero attached hydrogens (tertiary/aromatic N) is 1. The van der Waals surface area contributed by atoms with E-state index >= 15 is 0 Å². The van der Waals surface area contributed by atoms with E-state index in [0.29, 0.717) is 17.2 Å². The van der Waals surface area contributed by atoms with Gasteiger partial charge in [-0.05, 0) is 38.5 Å². The molecule has 2 aliphatic carbocycles. The van der Waals surface area contributed by atoms with Crippen molar-refractivity contribution in [3.05, 3.63) is 34.4 Å². The van der Waals surface area contributed by atoms with E-state index in [1.165, 1.54) is 13.2 Å². The number of pyridine rings is 1. The molecule has 2 aliphatic rings. The van der Waals surface area contributed by atoms with Gasteiger partial charge in [-0.15, -0.1) is 0 Å². The Labute approximate surface area is 163 Å². The number of carbonyl (C=O) groups excluding carboxylic acids is 1. The molecule has 0 saturated heterocycles. The van der Waals surface area contributed by atoms with Gasteiger partial charge in [0, 0.05) is 36.1 Å². The zero-order chi connectivity index (χ0) is 20.3. The van der Waals surface area contributed by atoms with Gasteiger partial charge in [-0.3, -0.25) is 9.36 Å². The average molecular weight is 388 g/mol. The van der Waals surface area contributed by atoms with Gasteiger partial charge in [-0.25, -0.2) is 4.79 Å². The number of aromatic nitrogens is 1. The highest BCUT2D eigenvalue weighted by Crippen LogP contribution is 2.37. The minimum Gasteiger partial charge on any atom is -0.453 e. The number of rotatable bonds is 7. The van der Waals surface area contributed by atoms with Gasteiger partial charge in [0.25, 0.3) is 5.56 Å². The van der Waals surface area contributed by atoms with E-state index < -0.39 is 6.09 Å². The lowest BCUT2D eigenvalue weighted by molar-refractivity contribution is 0.162. The molecule has 1 heterocycles. The summed E-state index contributed by atoms with van der Waals surface area (Å²) < 4.78 is 6.31. The zero-order valence-corrected chi connectivity index (χ0v) is 16.1. The summed E-state index contributed by atoms with van der Waals surface area (Å²) in [7, 11) is 1.36. The molecule has 0 aliphatic heterocycles. The molecule has 28 heavy (non-hydrogen) atoms. The second kappa shape index (κ2) is 8.37. The zero-order valence-electron chi connectivity index (χ0n) is 16.1. The van der Waals surface area contributed by atoms with Crippen LogP contribution in [0.2, 0.25) is 0 Å². The van der Waals surface area contributed by atoms with E-state index in [0.717, 1.165) is 44.7 Å². The summed E-state index contributed by atoms with van der Waals surface area (Å²) in [5, 5.41) is 17.0. The van der Waals surface area contributed by atoms with E-state index in [4.69, 9.17) is 11.1 Å². The number of carbonyl (C=O) groups is 1. The minimum absolute atomic E-state index is 0.116. The molecule has 0 radical (unpaired) electrons. The second-order valence-corrected chi connectivity index (χ2v) is 7.38. The van der Waals surface area contributed by atoms with Crippen LogP contribution in [-0.2, 0) is 4.74 Å². The van der Waals surface area contributed by atoms with Gasteiger partial charge in [0.15, 0.2) is 0 Å². The first-order valence-corrected chi connectivity index (χ1v) is 9.55. The normalized spacial score (nSPS) is 21.5. The summed E-state index contributed by atoms with van der Waals surface area (Å²) in [6, 6.07) is 1.84. The quantitative estimate of drug-likeness (QED) is 0.453. The number of nitrogens with two attached hydrogens (primary N) is 1. The van der Waals surface area contributed by atoms with Crippen molar-refractivity contribution in [3.8, 4) is 0 Å². The number of anilines is 2. The lowest BCUT2D eigenvalue weighted by Crippen LogP contribution is -2.42. The van der Waals surface area contributed by atoms with Crippen LogP contribution >= 0.6 is 0 Å². The third-order valence-electron chi connectivity index (χ3n) is 5.26. The first kappa shape index (κ1) is 19.8. The Morgan fingerprint density at radius 1 is 1.25 bits per heavy atom. The van der Waals surface area contributed by atoms with Crippen LogP contribution < -0.4 is 27.2 Å². The summed E-state index contributed by atoms with van der Waals surface area (Å²) in [6.45, 7) is 4.04. The first-order valence-electron chi connectivity index (χ1n) is 9.55. The Hall–Kier alpha value is -2.97. The van der Waals surface area contributed by atoms with E-state index in [1.54, 1.807) is 4.57 Å². The molecule has 9 heteroatoms. The summed E-state index contributed by atoms with van der Waals surface area (Å²) in [6.07, 6.45) is 6.07. The number of amides is 1. The molecule has 2 saturated carbocycles.